The van der Waals surface area contributed by atoms with E-state index >= 15 is 0 Å². The van der Waals surface area contributed by atoms with Crippen molar-refractivity contribution >= 4 is 0 Å². The first-order valence-electron chi connectivity index (χ1n) is 6.49. The van der Waals surface area contributed by atoms with Crippen LogP contribution >= 0.6 is 0 Å². The Balaban J connectivity index is 2.36. The van der Waals surface area contributed by atoms with E-state index in [1.807, 2.05) is 10.8 Å². The highest BCUT2D eigenvalue weighted by Crippen LogP contribution is 2.34. The molecule has 0 bridgehead atoms. The molecule has 0 aliphatic carbocycles. The highest BCUT2D eigenvalue weighted by molar-refractivity contribution is 5.28. The Kier molecular flexibility index (Phi) is 3.71. The van der Waals surface area contributed by atoms with E-state index in [1.165, 1.54) is 12.1 Å². The third kappa shape index (κ3) is 2.54. The predicted octanol–water partition coefficient (Wildman–Crippen LogP) is 3.02. The molecule has 1 aromatic heterocycles. The second-order valence-electron chi connectivity index (χ2n) is 5.28. The molecule has 0 aliphatic heterocycles. The lowest BCUT2D eigenvalue weighted by Crippen LogP contribution is -2.35. The first kappa shape index (κ1) is 13.7. The zero-order chi connectivity index (χ0) is 14.0. The number of rotatable bonds is 4. The van der Waals surface area contributed by atoms with Crippen LogP contribution in [-0.4, -0.2) is 9.55 Å². The van der Waals surface area contributed by atoms with Crippen LogP contribution in [0.4, 0.5) is 4.39 Å². The van der Waals surface area contributed by atoms with Gasteiger partial charge < -0.3 is 10.3 Å². The summed E-state index contributed by atoms with van der Waals surface area (Å²) in [6.07, 6.45) is 3.69. The van der Waals surface area contributed by atoms with Crippen LogP contribution in [0, 0.1) is 5.82 Å². The first-order chi connectivity index (χ1) is 8.96. The van der Waals surface area contributed by atoms with Crippen LogP contribution in [0.3, 0.4) is 0 Å². The number of nitrogens with zero attached hydrogens (tertiary/aromatic N) is 2. The molecule has 0 saturated heterocycles. The monoisotopic (exact) mass is 261 g/mol. The van der Waals surface area contributed by atoms with Gasteiger partial charge in [-0.3, -0.25) is 0 Å². The van der Waals surface area contributed by atoms with E-state index in [-0.39, 0.29) is 17.3 Å². The Labute approximate surface area is 113 Å². The minimum Gasteiger partial charge on any atom is -0.334 e. The van der Waals surface area contributed by atoms with Crippen LogP contribution in [0.1, 0.15) is 38.2 Å². The number of hydrogen-bond donors (Lipinski definition) is 1. The lowest BCUT2D eigenvalue weighted by atomic mass is 9.77. The molecule has 19 heavy (non-hydrogen) atoms. The zero-order valence-corrected chi connectivity index (χ0v) is 11.6. The molecule has 1 aromatic carbocycles. The summed E-state index contributed by atoms with van der Waals surface area (Å²) in [4.78, 5) is 4.36. The molecule has 102 valence electrons. The lowest BCUT2D eigenvalue weighted by molar-refractivity contribution is 0.392. The molecule has 0 fully saturated rings. The van der Waals surface area contributed by atoms with E-state index < -0.39 is 0 Å². The van der Waals surface area contributed by atoms with E-state index in [0.29, 0.717) is 0 Å². The average molecular weight is 261 g/mol. The van der Waals surface area contributed by atoms with Gasteiger partial charge >= 0.3 is 0 Å². The largest absolute Gasteiger partial charge is 0.334 e. The lowest BCUT2D eigenvalue weighted by Gasteiger charge is -2.32. The Morgan fingerprint density at radius 2 is 1.95 bits per heavy atom. The summed E-state index contributed by atoms with van der Waals surface area (Å²) in [5.41, 5.74) is 7.08. The quantitative estimate of drug-likeness (QED) is 0.919. The standard InChI is InChI=1S/C15H20FN3/c1-4-19-10-9-18-14(19)13(17)15(2,3)11-5-7-12(16)8-6-11/h5-10,13H,4,17H2,1-3H3. The molecule has 2 aromatic rings. The highest BCUT2D eigenvalue weighted by Gasteiger charge is 2.32. The molecule has 0 amide bonds. The minimum atomic E-state index is -0.314. The Morgan fingerprint density at radius 1 is 1.32 bits per heavy atom. The van der Waals surface area contributed by atoms with Crippen molar-refractivity contribution in [3.05, 3.63) is 53.9 Å². The Hall–Kier alpha value is -1.68. The van der Waals surface area contributed by atoms with Gasteiger partial charge in [-0.15, -0.1) is 0 Å². The number of hydrogen-bond acceptors (Lipinski definition) is 2. The van der Waals surface area contributed by atoms with Crippen LogP contribution < -0.4 is 5.73 Å². The van der Waals surface area contributed by atoms with E-state index in [9.17, 15) is 4.39 Å². The summed E-state index contributed by atoms with van der Waals surface area (Å²) in [6, 6.07) is 6.27. The molecule has 2 N–H and O–H groups in total. The molecule has 3 nitrogen and oxygen atoms in total. The van der Waals surface area contributed by atoms with Crippen LogP contribution in [0.5, 0.6) is 0 Å². The van der Waals surface area contributed by atoms with E-state index in [2.05, 4.69) is 25.8 Å². The van der Waals surface area contributed by atoms with Crippen molar-refractivity contribution in [2.45, 2.75) is 38.8 Å². The number of halogens is 1. The molecule has 0 spiro atoms. The van der Waals surface area contributed by atoms with Gasteiger partial charge in [-0.05, 0) is 24.6 Å². The summed E-state index contributed by atoms with van der Waals surface area (Å²) < 4.78 is 15.1. The Morgan fingerprint density at radius 3 is 2.53 bits per heavy atom. The van der Waals surface area contributed by atoms with Gasteiger partial charge in [-0.25, -0.2) is 9.37 Å². The van der Waals surface area contributed by atoms with E-state index in [1.54, 1.807) is 18.3 Å². The second kappa shape index (κ2) is 5.13. The van der Waals surface area contributed by atoms with Crippen LogP contribution in [0.15, 0.2) is 36.7 Å². The minimum absolute atomic E-state index is 0.233. The van der Waals surface area contributed by atoms with Crippen molar-refractivity contribution in [3.8, 4) is 0 Å². The molecule has 2 rings (SSSR count). The van der Waals surface area contributed by atoms with Crippen LogP contribution in [0.25, 0.3) is 0 Å². The fraction of sp³-hybridized carbons (Fsp3) is 0.400. The maximum absolute atomic E-state index is 13.0. The van der Waals surface area contributed by atoms with Crippen molar-refractivity contribution in [3.63, 3.8) is 0 Å². The van der Waals surface area contributed by atoms with Crippen LogP contribution in [0.2, 0.25) is 0 Å². The summed E-state index contributed by atoms with van der Waals surface area (Å²) >= 11 is 0. The van der Waals surface area contributed by atoms with Gasteiger partial charge in [0.1, 0.15) is 11.6 Å². The third-order valence-electron chi connectivity index (χ3n) is 3.73. The number of imidazole rings is 1. The SMILES string of the molecule is CCn1ccnc1C(N)C(C)(C)c1ccc(F)cc1. The maximum atomic E-state index is 13.0. The van der Waals surface area contributed by atoms with Gasteiger partial charge in [0.15, 0.2) is 0 Å². The average Bonchev–Trinajstić information content (AvgIpc) is 2.86. The van der Waals surface area contributed by atoms with Gasteiger partial charge in [0.2, 0.25) is 0 Å². The maximum Gasteiger partial charge on any atom is 0.126 e. The number of aryl methyl sites for hydroxylation is 1. The predicted molar refractivity (Wildman–Crippen MR) is 74.3 cm³/mol. The second-order valence-corrected chi connectivity index (χ2v) is 5.28. The summed E-state index contributed by atoms with van der Waals surface area (Å²) in [7, 11) is 0. The number of nitrogens with two attached hydrogens (primary N) is 1. The molecule has 1 heterocycles. The summed E-state index contributed by atoms with van der Waals surface area (Å²) in [5, 5.41) is 0. The van der Waals surface area contributed by atoms with Crippen molar-refractivity contribution in [1.82, 2.24) is 9.55 Å². The third-order valence-corrected chi connectivity index (χ3v) is 3.73. The highest BCUT2D eigenvalue weighted by atomic mass is 19.1. The van der Waals surface area contributed by atoms with Gasteiger partial charge in [0.25, 0.3) is 0 Å². The van der Waals surface area contributed by atoms with Crippen molar-refractivity contribution in [2.24, 2.45) is 5.73 Å². The fourth-order valence-electron chi connectivity index (χ4n) is 2.25. The molecule has 0 radical (unpaired) electrons. The topological polar surface area (TPSA) is 43.8 Å². The van der Waals surface area contributed by atoms with Gasteiger partial charge in [0.05, 0.1) is 6.04 Å². The number of benzene rings is 1. The van der Waals surface area contributed by atoms with Crippen molar-refractivity contribution in [2.75, 3.05) is 0 Å². The Bertz CT molecular complexity index is 543. The van der Waals surface area contributed by atoms with Gasteiger partial charge in [0, 0.05) is 24.4 Å². The van der Waals surface area contributed by atoms with Crippen molar-refractivity contribution in [1.29, 1.82) is 0 Å². The zero-order valence-electron chi connectivity index (χ0n) is 11.6. The normalized spacial score (nSPS) is 13.5. The number of aromatic nitrogens is 2. The fourth-order valence-corrected chi connectivity index (χ4v) is 2.25. The molecule has 0 saturated carbocycles. The first-order valence-corrected chi connectivity index (χ1v) is 6.49. The molecule has 1 unspecified atom stereocenters. The van der Waals surface area contributed by atoms with E-state index in [0.717, 1.165) is 17.9 Å². The summed E-state index contributed by atoms with van der Waals surface area (Å²) in [5.74, 6) is 0.625. The summed E-state index contributed by atoms with van der Waals surface area (Å²) in [6.45, 7) is 7.00. The smallest absolute Gasteiger partial charge is 0.126 e. The molecular weight excluding hydrogens is 241 g/mol. The van der Waals surface area contributed by atoms with E-state index in [4.69, 9.17) is 5.73 Å². The molecular formula is C15H20FN3. The molecule has 4 heteroatoms. The molecule has 1 atom stereocenters. The van der Waals surface area contributed by atoms with Gasteiger partial charge in [-0.1, -0.05) is 26.0 Å². The molecule has 0 aliphatic rings. The van der Waals surface area contributed by atoms with Crippen LogP contribution in [-0.2, 0) is 12.0 Å². The van der Waals surface area contributed by atoms with Gasteiger partial charge in [-0.2, -0.15) is 0 Å². The van der Waals surface area contributed by atoms with Crippen molar-refractivity contribution < 1.29 is 4.39 Å².